The number of aryl methyl sites for hydroxylation is 2. The lowest BCUT2D eigenvalue weighted by Gasteiger charge is -2.33. The minimum absolute atomic E-state index is 0.164. The van der Waals surface area contributed by atoms with Crippen molar-refractivity contribution in [1.29, 1.82) is 0 Å². The van der Waals surface area contributed by atoms with E-state index in [0.29, 0.717) is 42.5 Å². The first-order valence-corrected chi connectivity index (χ1v) is 11.9. The predicted molar refractivity (Wildman–Crippen MR) is 121 cm³/mol. The molecule has 0 atom stereocenters. The molecule has 1 aromatic carbocycles. The lowest BCUT2D eigenvalue weighted by molar-refractivity contribution is -0.127. The SMILES string of the molecule is CCn1nc(C)c(S(=O)(=O)N2CCN(C(=O)C=Cc3ccc(OC)c(OC)c3)CC2)c1C. The third-order valence-electron chi connectivity index (χ3n) is 5.59. The van der Waals surface area contributed by atoms with Gasteiger partial charge in [0.15, 0.2) is 11.5 Å². The average Bonchev–Trinajstić information content (AvgIpc) is 3.10. The molecule has 1 aliphatic rings. The van der Waals surface area contributed by atoms with Gasteiger partial charge in [0, 0.05) is 38.8 Å². The second-order valence-corrected chi connectivity index (χ2v) is 9.37. The Balaban J connectivity index is 1.66. The van der Waals surface area contributed by atoms with E-state index in [4.69, 9.17) is 9.47 Å². The molecule has 0 saturated carbocycles. The van der Waals surface area contributed by atoms with Crippen molar-refractivity contribution in [3.63, 3.8) is 0 Å². The highest BCUT2D eigenvalue weighted by Crippen LogP contribution is 2.28. The van der Waals surface area contributed by atoms with Crippen molar-refractivity contribution in [1.82, 2.24) is 19.0 Å². The first-order chi connectivity index (χ1) is 15.2. The van der Waals surface area contributed by atoms with Crippen molar-refractivity contribution in [2.45, 2.75) is 32.2 Å². The number of carbonyl (C=O) groups is 1. The van der Waals surface area contributed by atoms with Crippen LogP contribution in [0.4, 0.5) is 0 Å². The Morgan fingerprint density at radius 3 is 2.31 bits per heavy atom. The van der Waals surface area contributed by atoms with Gasteiger partial charge in [-0.3, -0.25) is 9.48 Å². The first-order valence-electron chi connectivity index (χ1n) is 10.5. The van der Waals surface area contributed by atoms with Crippen LogP contribution in [-0.4, -0.2) is 73.7 Å². The molecule has 10 heteroatoms. The molecule has 1 aliphatic heterocycles. The maximum absolute atomic E-state index is 13.2. The standard InChI is InChI=1S/C22H30N4O5S/c1-6-26-17(3)22(16(2)23-26)32(28,29)25-13-11-24(12-14-25)21(27)10-8-18-7-9-19(30-4)20(15-18)31-5/h7-10,15H,6,11-14H2,1-5H3. The molecular weight excluding hydrogens is 432 g/mol. The zero-order valence-electron chi connectivity index (χ0n) is 19.2. The molecule has 1 amide bonds. The Kier molecular flexibility index (Phi) is 7.25. The molecule has 0 unspecified atom stereocenters. The number of benzene rings is 1. The molecule has 2 aromatic rings. The number of methoxy groups -OCH3 is 2. The molecule has 0 N–H and O–H groups in total. The van der Waals surface area contributed by atoms with E-state index in [1.807, 2.05) is 13.0 Å². The fourth-order valence-corrected chi connectivity index (χ4v) is 5.66. The molecule has 0 spiro atoms. The van der Waals surface area contributed by atoms with E-state index in [2.05, 4.69) is 5.10 Å². The molecule has 174 valence electrons. The van der Waals surface area contributed by atoms with E-state index >= 15 is 0 Å². The number of carbonyl (C=O) groups excluding carboxylic acids is 1. The number of sulfonamides is 1. The molecule has 1 fully saturated rings. The van der Waals surface area contributed by atoms with Crippen molar-refractivity contribution in [2.24, 2.45) is 0 Å². The molecule has 3 rings (SSSR count). The number of aromatic nitrogens is 2. The highest BCUT2D eigenvalue weighted by atomic mass is 32.2. The van der Waals surface area contributed by atoms with Crippen LogP contribution in [0.3, 0.4) is 0 Å². The fraction of sp³-hybridized carbons (Fsp3) is 0.455. The number of nitrogens with zero attached hydrogens (tertiary/aromatic N) is 4. The van der Waals surface area contributed by atoms with Crippen LogP contribution in [0, 0.1) is 13.8 Å². The number of piperazine rings is 1. The molecule has 0 aliphatic carbocycles. The number of hydrogen-bond acceptors (Lipinski definition) is 6. The highest BCUT2D eigenvalue weighted by molar-refractivity contribution is 7.89. The second kappa shape index (κ2) is 9.74. The summed E-state index contributed by atoms with van der Waals surface area (Å²) in [6.45, 7) is 7.16. The van der Waals surface area contributed by atoms with Crippen LogP contribution in [0.15, 0.2) is 29.2 Å². The summed E-state index contributed by atoms with van der Waals surface area (Å²) in [6.07, 6.45) is 3.20. The summed E-state index contributed by atoms with van der Waals surface area (Å²) in [5.41, 5.74) is 1.94. The topological polar surface area (TPSA) is 94.0 Å². The molecule has 0 bridgehead atoms. The van der Waals surface area contributed by atoms with Crippen LogP contribution < -0.4 is 9.47 Å². The van der Waals surface area contributed by atoms with Crippen molar-refractivity contribution in [2.75, 3.05) is 40.4 Å². The van der Waals surface area contributed by atoms with Crippen LogP contribution in [0.25, 0.3) is 6.08 Å². The van der Waals surface area contributed by atoms with Gasteiger partial charge in [-0.05, 0) is 44.5 Å². The van der Waals surface area contributed by atoms with E-state index in [9.17, 15) is 13.2 Å². The summed E-state index contributed by atoms with van der Waals surface area (Å²) < 4.78 is 40.0. The zero-order valence-corrected chi connectivity index (χ0v) is 20.0. The smallest absolute Gasteiger partial charge is 0.246 e. The monoisotopic (exact) mass is 462 g/mol. The Bertz CT molecular complexity index is 1120. The van der Waals surface area contributed by atoms with Crippen molar-refractivity contribution < 1.29 is 22.7 Å². The molecule has 1 saturated heterocycles. The number of amides is 1. The normalized spacial score (nSPS) is 15.3. The van der Waals surface area contributed by atoms with Crippen molar-refractivity contribution >= 4 is 22.0 Å². The van der Waals surface area contributed by atoms with E-state index in [1.165, 1.54) is 10.4 Å². The van der Waals surface area contributed by atoms with Crippen LogP contribution in [-0.2, 0) is 21.4 Å². The number of ether oxygens (including phenoxy) is 2. The second-order valence-electron chi connectivity index (χ2n) is 7.49. The van der Waals surface area contributed by atoms with Crippen LogP contribution in [0.1, 0.15) is 23.9 Å². The highest BCUT2D eigenvalue weighted by Gasteiger charge is 2.33. The Labute approximate surface area is 189 Å². The van der Waals surface area contributed by atoms with Gasteiger partial charge in [-0.1, -0.05) is 6.07 Å². The van der Waals surface area contributed by atoms with Gasteiger partial charge in [-0.2, -0.15) is 9.40 Å². The lowest BCUT2D eigenvalue weighted by Crippen LogP contribution is -2.50. The summed E-state index contributed by atoms with van der Waals surface area (Å²) >= 11 is 0. The molecule has 32 heavy (non-hydrogen) atoms. The van der Waals surface area contributed by atoms with E-state index < -0.39 is 10.0 Å². The Morgan fingerprint density at radius 1 is 1.09 bits per heavy atom. The fourth-order valence-electron chi connectivity index (χ4n) is 3.87. The van der Waals surface area contributed by atoms with Crippen LogP contribution >= 0.6 is 0 Å². The molecule has 9 nitrogen and oxygen atoms in total. The van der Waals surface area contributed by atoms with E-state index in [0.717, 1.165) is 5.56 Å². The van der Waals surface area contributed by atoms with Crippen molar-refractivity contribution in [3.05, 3.63) is 41.2 Å². The molecule has 1 aromatic heterocycles. The summed E-state index contributed by atoms with van der Waals surface area (Å²) in [5.74, 6) is 1.03. The van der Waals surface area contributed by atoms with Gasteiger partial charge in [0.1, 0.15) is 4.90 Å². The van der Waals surface area contributed by atoms with Gasteiger partial charge in [-0.15, -0.1) is 0 Å². The summed E-state index contributed by atoms with van der Waals surface area (Å²) in [4.78, 5) is 14.5. The van der Waals surface area contributed by atoms with E-state index in [-0.39, 0.29) is 23.9 Å². The number of rotatable bonds is 7. The Hall–Kier alpha value is -2.85. The first kappa shape index (κ1) is 23.8. The lowest BCUT2D eigenvalue weighted by atomic mass is 10.2. The predicted octanol–water partition coefficient (Wildman–Crippen LogP) is 2.08. The van der Waals surface area contributed by atoms with Crippen molar-refractivity contribution in [3.8, 4) is 11.5 Å². The Morgan fingerprint density at radius 2 is 1.75 bits per heavy atom. The van der Waals surface area contributed by atoms with Crippen LogP contribution in [0.5, 0.6) is 11.5 Å². The van der Waals surface area contributed by atoms with E-state index in [1.54, 1.807) is 55.9 Å². The third kappa shape index (κ3) is 4.66. The van der Waals surface area contributed by atoms with Crippen LogP contribution in [0.2, 0.25) is 0 Å². The minimum Gasteiger partial charge on any atom is -0.493 e. The summed E-state index contributed by atoms with van der Waals surface area (Å²) in [5, 5.41) is 4.33. The van der Waals surface area contributed by atoms with Gasteiger partial charge in [0.25, 0.3) is 0 Å². The molecule has 2 heterocycles. The third-order valence-corrected chi connectivity index (χ3v) is 7.74. The van der Waals surface area contributed by atoms with Gasteiger partial charge in [0.05, 0.1) is 25.6 Å². The van der Waals surface area contributed by atoms with Gasteiger partial charge in [-0.25, -0.2) is 8.42 Å². The molecule has 0 radical (unpaired) electrons. The quantitative estimate of drug-likeness (QED) is 0.585. The minimum atomic E-state index is -3.66. The van der Waals surface area contributed by atoms with Gasteiger partial charge in [0.2, 0.25) is 15.9 Å². The largest absolute Gasteiger partial charge is 0.493 e. The van der Waals surface area contributed by atoms with Gasteiger partial charge < -0.3 is 14.4 Å². The average molecular weight is 463 g/mol. The summed E-state index contributed by atoms with van der Waals surface area (Å²) in [6, 6.07) is 5.39. The van der Waals surface area contributed by atoms with Gasteiger partial charge >= 0.3 is 0 Å². The molecular formula is C22H30N4O5S. The number of hydrogen-bond donors (Lipinski definition) is 0. The maximum atomic E-state index is 13.2. The maximum Gasteiger partial charge on any atom is 0.246 e. The summed E-state index contributed by atoms with van der Waals surface area (Å²) in [7, 11) is -0.543. The zero-order chi connectivity index (χ0) is 23.5.